The van der Waals surface area contributed by atoms with Crippen LogP contribution in [0.4, 0.5) is 5.69 Å². The fourth-order valence-electron chi connectivity index (χ4n) is 2.51. The Morgan fingerprint density at radius 1 is 1.00 bits per heavy atom. The van der Waals surface area contributed by atoms with E-state index in [1.165, 1.54) is 12.1 Å². The second kappa shape index (κ2) is 8.01. The van der Waals surface area contributed by atoms with Crippen molar-refractivity contribution in [1.82, 2.24) is 10.3 Å². The van der Waals surface area contributed by atoms with E-state index >= 15 is 0 Å². The third-order valence-corrected chi connectivity index (χ3v) is 5.26. The highest BCUT2D eigenvalue weighted by atomic mass is 32.2. The molecule has 0 saturated heterocycles. The fraction of sp³-hybridized carbons (Fsp3) is 0.100. The van der Waals surface area contributed by atoms with Gasteiger partial charge in [0.25, 0.3) is 15.9 Å². The van der Waals surface area contributed by atoms with Crippen molar-refractivity contribution in [3.63, 3.8) is 0 Å². The first-order valence-electron chi connectivity index (χ1n) is 8.31. The van der Waals surface area contributed by atoms with E-state index in [0.29, 0.717) is 12.2 Å². The average molecular weight is 381 g/mol. The number of nitrogens with zero attached hydrogens (tertiary/aromatic N) is 1. The molecule has 0 atom stereocenters. The summed E-state index contributed by atoms with van der Waals surface area (Å²) in [6, 6.07) is 16.6. The maximum atomic E-state index is 12.6. The van der Waals surface area contributed by atoms with Crippen molar-refractivity contribution in [2.24, 2.45) is 0 Å². The molecule has 0 aliphatic heterocycles. The zero-order chi connectivity index (χ0) is 19.3. The number of benzene rings is 2. The van der Waals surface area contributed by atoms with E-state index in [2.05, 4.69) is 15.0 Å². The topological polar surface area (TPSA) is 88.2 Å². The standard InChI is InChI=1S/C20H19N3O3S/c1-15-4-2-6-18(12-15)23-27(25,26)19-7-3-5-17(13-19)20(24)22-14-16-8-10-21-11-9-16/h2-13,23H,14H2,1H3,(H,22,24). The number of aryl methyl sites for hydroxylation is 1. The summed E-state index contributed by atoms with van der Waals surface area (Å²) in [7, 11) is -3.79. The lowest BCUT2D eigenvalue weighted by molar-refractivity contribution is 0.0950. The Morgan fingerprint density at radius 2 is 1.74 bits per heavy atom. The zero-order valence-corrected chi connectivity index (χ0v) is 15.5. The Morgan fingerprint density at radius 3 is 2.48 bits per heavy atom. The van der Waals surface area contributed by atoms with E-state index in [1.54, 1.807) is 54.9 Å². The first-order valence-corrected chi connectivity index (χ1v) is 9.79. The van der Waals surface area contributed by atoms with Gasteiger partial charge in [-0.3, -0.25) is 14.5 Å². The first-order chi connectivity index (χ1) is 12.9. The van der Waals surface area contributed by atoms with Gasteiger partial charge in [-0.15, -0.1) is 0 Å². The van der Waals surface area contributed by atoms with Gasteiger partial charge in [0.2, 0.25) is 0 Å². The van der Waals surface area contributed by atoms with Gasteiger partial charge in [0.1, 0.15) is 0 Å². The minimum Gasteiger partial charge on any atom is -0.348 e. The van der Waals surface area contributed by atoms with Gasteiger partial charge in [-0.2, -0.15) is 0 Å². The minimum atomic E-state index is -3.79. The molecule has 0 unspecified atom stereocenters. The molecule has 6 nitrogen and oxygen atoms in total. The van der Waals surface area contributed by atoms with E-state index in [9.17, 15) is 13.2 Å². The molecule has 27 heavy (non-hydrogen) atoms. The molecule has 138 valence electrons. The van der Waals surface area contributed by atoms with Gasteiger partial charge in [-0.25, -0.2) is 8.42 Å². The van der Waals surface area contributed by atoms with Crippen LogP contribution in [-0.2, 0) is 16.6 Å². The summed E-state index contributed by atoms with van der Waals surface area (Å²) in [6.45, 7) is 2.21. The van der Waals surface area contributed by atoms with Crippen molar-refractivity contribution >= 4 is 21.6 Å². The van der Waals surface area contributed by atoms with Crippen LogP contribution < -0.4 is 10.0 Å². The largest absolute Gasteiger partial charge is 0.348 e. The second-order valence-electron chi connectivity index (χ2n) is 6.04. The molecular weight excluding hydrogens is 362 g/mol. The van der Waals surface area contributed by atoms with Crippen molar-refractivity contribution in [2.75, 3.05) is 4.72 Å². The van der Waals surface area contributed by atoms with Crippen LogP contribution in [0.15, 0.2) is 78.0 Å². The molecule has 7 heteroatoms. The SMILES string of the molecule is Cc1cccc(NS(=O)(=O)c2cccc(C(=O)NCc3ccncc3)c2)c1. The molecule has 1 heterocycles. The van der Waals surface area contributed by atoms with Gasteiger partial charge in [0, 0.05) is 30.2 Å². The predicted molar refractivity (Wildman–Crippen MR) is 104 cm³/mol. The minimum absolute atomic E-state index is 0.0283. The maximum Gasteiger partial charge on any atom is 0.261 e. The summed E-state index contributed by atoms with van der Waals surface area (Å²) in [4.78, 5) is 16.3. The molecule has 0 radical (unpaired) electrons. The lowest BCUT2D eigenvalue weighted by atomic mass is 10.2. The second-order valence-corrected chi connectivity index (χ2v) is 7.72. The third-order valence-electron chi connectivity index (χ3n) is 3.88. The van der Waals surface area contributed by atoms with Crippen molar-refractivity contribution in [3.8, 4) is 0 Å². The molecule has 0 aliphatic rings. The highest BCUT2D eigenvalue weighted by Crippen LogP contribution is 2.18. The normalized spacial score (nSPS) is 11.0. The molecule has 0 bridgehead atoms. The first kappa shape index (κ1) is 18.6. The van der Waals surface area contributed by atoms with Crippen LogP contribution in [0.5, 0.6) is 0 Å². The quantitative estimate of drug-likeness (QED) is 0.687. The van der Waals surface area contributed by atoms with E-state index in [0.717, 1.165) is 11.1 Å². The molecule has 1 amide bonds. The van der Waals surface area contributed by atoms with Gasteiger partial charge in [0.15, 0.2) is 0 Å². The van der Waals surface area contributed by atoms with Crippen molar-refractivity contribution in [3.05, 3.63) is 89.7 Å². The smallest absolute Gasteiger partial charge is 0.261 e. The Balaban J connectivity index is 1.75. The van der Waals surface area contributed by atoms with E-state index < -0.39 is 10.0 Å². The molecule has 0 aliphatic carbocycles. The maximum absolute atomic E-state index is 12.6. The van der Waals surface area contributed by atoms with E-state index in [-0.39, 0.29) is 16.4 Å². The molecule has 1 aromatic heterocycles. The molecule has 3 aromatic rings. The lowest BCUT2D eigenvalue weighted by Gasteiger charge is -2.10. The molecule has 2 N–H and O–H groups in total. The summed E-state index contributed by atoms with van der Waals surface area (Å²) in [5.74, 6) is -0.348. The third kappa shape index (κ3) is 4.92. The number of pyridine rings is 1. The number of hydrogen-bond acceptors (Lipinski definition) is 4. The van der Waals surface area contributed by atoms with Crippen LogP contribution in [0.3, 0.4) is 0 Å². The molecule has 3 rings (SSSR count). The highest BCUT2D eigenvalue weighted by Gasteiger charge is 2.16. The number of rotatable bonds is 6. The van der Waals surface area contributed by atoms with Gasteiger partial charge in [-0.05, 0) is 60.5 Å². The monoisotopic (exact) mass is 381 g/mol. The van der Waals surface area contributed by atoms with Gasteiger partial charge in [0.05, 0.1) is 4.90 Å². The Kier molecular flexibility index (Phi) is 5.52. The average Bonchev–Trinajstić information content (AvgIpc) is 2.67. The van der Waals surface area contributed by atoms with Crippen LogP contribution in [-0.4, -0.2) is 19.3 Å². The number of carbonyl (C=O) groups excluding carboxylic acids is 1. The lowest BCUT2D eigenvalue weighted by Crippen LogP contribution is -2.23. The van der Waals surface area contributed by atoms with Crippen LogP contribution >= 0.6 is 0 Å². The number of sulfonamides is 1. The van der Waals surface area contributed by atoms with Crippen molar-refractivity contribution < 1.29 is 13.2 Å². The fourth-order valence-corrected chi connectivity index (χ4v) is 3.61. The number of carbonyl (C=O) groups is 1. The summed E-state index contributed by atoms with van der Waals surface area (Å²) in [5.41, 5.74) is 2.60. The van der Waals surface area contributed by atoms with Crippen LogP contribution in [0.1, 0.15) is 21.5 Å². The Labute approximate surface area is 158 Å². The number of aromatic nitrogens is 1. The van der Waals surface area contributed by atoms with E-state index in [1.807, 2.05) is 13.0 Å². The number of hydrogen-bond donors (Lipinski definition) is 2. The molecule has 0 spiro atoms. The summed E-state index contributed by atoms with van der Waals surface area (Å²) in [5, 5.41) is 2.77. The molecular formula is C20H19N3O3S. The summed E-state index contributed by atoms with van der Waals surface area (Å²) >= 11 is 0. The van der Waals surface area contributed by atoms with Crippen LogP contribution in [0.25, 0.3) is 0 Å². The Hall–Kier alpha value is -3.19. The molecule has 0 fully saturated rings. The molecule has 2 aromatic carbocycles. The van der Waals surface area contributed by atoms with E-state index in [4.69, 9.17) is 0 Å². The van der Waals surface area contributed by atoms with Crippen molar-refractivity contribution in [1.29, 1.82) is 0 Å². The predicted octanol–water partition coefficient (Wildman–Crippen LogP) is 3.12. The zero-order valence-electron chi connectivity index (χ0n) is 14.7. The summed E-state index contributed by atoms with van der Waals surface area (Å²) < 4.78 is 27.8. The van der Waals surface area contributed by atoms with Crippen LogP contribution in [0, 0.1) is 6.92 Å². The highest BCUT2D eigenvalue weighted by molar-refractivity contribution is 7.92. The number of nitrogens with one attached hydrogen (secondary N) is 2. The Bertz CT molecular complexity index is 1050. The number of amides is 1. The van der Waals surface area contributed by atoms with Gasteiger partial charge < -0.3 is 5.32 Å². The summed E-state index contributed by atoms with van der Waals surface area (Å²) in [6.07, 6.45) is 3.29. The van der Waals surface area contributed by atoms with Crippen molar-refractivity contribution in [2.45, 2.75) is 18.4 Å². The van der Waals surface area contributed by atoms with Crippen LogP contribution in [0.2, 0.25) is 0 Å². The van der Waals surface area contributed by atoms with Gasteiger partial charge >= 0.3 is 0 Å². The van der Waals surface area contributed by atoms with Gasteiger partial charge in [-0.1, -0.05) is 18.2 Å². The number of anilines is 1. The molecule has 0 saturated carbocycles.